The minimum Gasteiger partial charge on any atom is -0.493 e. The van der Waals surface area contributed by atoms with Gasteiger partial charge in [0.1, 0.15) is 0 Å². The minimum atomic E-state index is -0.254. The summed E-state index contributed by atoms with van der Waals surface area (Å²) in [7, 11) is 3.09. The fourth-order valence-corrected chi connectivity index (χ4v) is 2.35. The number of benzene rings is 1. The lowest BCUT2D eigenvalue weighted by Crippen LogP contribution is -2.37. The molecule has 1 aromatic carbocycles. The van der Waals surface area contributed by atoms with Crippen LogP contribution in [-0.2, 0) is 0 Å². The van der Waals surface area contributed by atoms with E-state index < -0.39 is 0 Å². The van der Waals surface area contributed by atoms with Gasteiger partial charge < -0.3 is 24.8 Å². The Morgan fingerprint density at radius 3 is 2.45 bits per heavy atom. The smallest absolute Gasteiger partial charge is 0.321 e. The van der Waals surface area contributed by atoms with Gasteiger partial charge in [0.25, 0.3) is 0 Å². The van der Waals surface area contributed by atoms with E-state index in [2.05, 4.69) is 28.2 Å². The highest BCUT2D eigenvalue weighted by molar-refractivity contribution is 9.10. The molecular weight excluding hydrogens is 352 g/mol. The number of nitrogens with zero attached hydrogens (tertiary/aromatic N) is 1. The van der Waals surface area contributed by atoms with Crippen LogP contribution in [0.25, 0.3) is 0 Å². The molecule has 2 N–H and O–H groups in total. The maximum absolute atomic E-state index is 12.3. The number of nitrogens with one attached hydrogen (secondary N) is 1. The number of carbonyl (C=O) groups excluding carboxylic acids is 1. The van der Waals surface area contributed by atoms with Crippen LogP contribution in [0.4, 0.5) is 10.5 Å². The van der Waals surface area contributed by atoms with Crippen molar-refractivity contribution in [3.8, 4) is 11.5 Å². The average Bonchev–Trinajstić information content (AvgIpc) is 2.52. The highest BCUT2D eigenvalue weighted by Crippen LogP contribution is 2.36. The van der Waals surface area contributed by atoms with Crippen LogP contribution in [0.5, 0.6) is 11.5 Å². The number of amides is 2. The van der Waals surface area contributed by atoms with Crippen molar-refractivity contribution in [2.45, 2.75) is 19.8 Å². The van der Waals surface area contributed by atoms with Crippen molar-refractivity contribution in [2.24, 2.45) is 0 Å². The molecule has 1 rings (SSSR count). The normalized spacial score (nSPS) is 10.2. The molecule has 0 heterocycles. The number of unbranched alkanes of at least 4 members (excludes halogenated alkanes) is 1. The second kappa shape index (κ2) is 9.53. The highest BCUT2D eigenvalue weighted by atomic mass is 79.9. The predicted molar refractivity (Wildman–Crippen MR) is 89.8 cm³/mol. The van der Waals surface area contributed by atoms with Gasteiger partial charge in [0, 0.05) is 29.7 Å². The number of urea groups is 1. The van der Waals surface area contributed by atoms with E-state index in [0.717, 1.165) is 12.8 Å². The summed E-state index contributed by atoms with van der Waals surface area (Å²) in [5, 5.41) is 11.9. The average molecular weight is 375 g/mol. The summed E-state index contributed by atoms with van der Waals surface area (Å²) in [6.07, 6.45) is 1.87. The summed E-state index contributed by atoms with van der Waals surface area (Å²) < 4.78 is 11.1. The van der Waals surface area contributed by atoms with Gasteiger partial charge in [-0.05, 0) is 22.4 Å². The van der Waals surface area contributed by atoms with Gasteiger partial charge in [0.15, 0.2) is 11.5 Å². The summed E-state index contributed by atoms with van der Waals surface area (Å²) >= 11 is 3.40. The van der Waals surface area contributed by atoms with E-state index in [-0.39, 0.29) is 12.6 Å². The fraction of sp³-hybridized carbons (Fsp3) is 0.533. The standard InChI is InChI=1S/C15H23BrN2O4/c1-4-5-6-18(7-8-19)15(20)17-12-10-14(22-3)13(21-2)9-11(12)16/h9-10,19H,4-8H2,1-3H3,(H,17,20). The first kappa shape index (κ1) is 18.6. The molecule has 0 aliphatic heterocycles. The Labute approximate surface area is 139 Å². The van der Waals surface area contributed by atoms with Gasteiger partial charge in [-0.15, -0.1) is 0 Å². The lowest BCUT2D eigenvalue weighted by molar-refractivity contribution is 0.187. The van der Waals surface area contributed by atoms with E-state index in [1.165, 1.54) is 7.11 Å². The molecule has 0 bridgehead atoms. The van der Waals surface area contributed by atoms with Crippen LogP contribution >= 0.6 is 15.9 Å². The quantitative estimate of drug-likeness (QED) is 0.733. The molecule has 0 aliphatic carbocycles. The van der Waals surface area contributed by atoms with Gasteiger partial charge in [0.2, 0.25) is 0 Å². The Hall–Kier alpha value is -1.47. The van der Waals surface area contributed by atoms with Crippen LogP contribution in [0.15, 0.2) is 16.6 Å². The van der Waals surface area contributed by atoms with Crippen LogP contribution in [0, 0.1) is 0 Å². The van der Waals surface area contributed by atoms with Crippen molar-refractivity contribution in [1.82, 2.24) is 4.90 Å². The molecule has 0 unspecified atom stereocenters. The molecule has 2 amide bonds. The first-order valence-electron chi connectivity index (χ1n) is 7.15. The van der Waals surface area contributed by atoms with Crippen molar-refractivity contribution in [2.75, 3.05) is 39.2 Å². The number of hydrogen-bond acceptors (Lipinski definition) is 4. The van der Waals surface area contributed by atoms with Gasteiger partial charge in [-0.1, -0.05) is 13.3 Å². The van der Waals surface area contributed by atoms with Gasteiger partial charge in [-0.3, -0.25) is 0 Å². The Morgan fingerprint density at radius 2 is 1.91 bits per heavy atom. The number of anilines is 1. The summed E-state index contributed by atoms with van der Waals surface area (Å²) in [6, 6.07) is 3.17. The minimum absolute atomic E-state index is 0.0652. The Morgan fingerprint density at radius 1 is 1.27 bits per heavy atom. The number of ether oxygens (including phenoxy) is 2. The van der Waals surface area contributed by atoms with Crippen LogP contribution in [0.2, 0.25) is 0 Å². The third-order valence-electron chi connectivity index (χ3n) is 3.15. The third kappa shape index (κ3) is 5.06. The third-order valence-corrected chi connectivity index (χ3v) is 3.81. The summed E-state index contributed by atoms with van der Waals surface area (Å²) in [4.78, 5) is 13.9. The SMILES string of the molecule is CCCCN(CCO)C(=O)Nc1cc(OC)c(OC)cc1Br. The molecular formula is C15H23BrN2O4. The van der Waals surface area contributed by atoms with E-state index in [1.807, 2.05) is 0 Å². The van der Waals surface area contributed by atoms with Gasteiger partial charge in [0.05, 0.1) is 26.5 Å². The van der Waals surface area contributed by atoms with Gasteiger partial charge in [-0.2, -0.15) is 0 Å². The molecule has 0 aromatic heterocycles. The number of carbonyl (C=O) groups is 1. The lowest BCUT2D eigenvalue weighted by Gasteiger charge is -2.22. The first-order valence-corrected chi connectivity index (χ1v) is 7.94. The molecule has 0 radical (unpaired) electrons. The summed E-state index contributed by atoms with van der Waals surface area (Å²) in [5.41, 5.74) is 0.585. The van der Waals surface area contributed by atoms with Crippen LogP contribution < -0.4 is 14.8 Å². The molecule has 1 aromatic rings. The summed E-state index contributed by atoms with van der Waals surface area (Å²) in [5.74, 6) is 1.11. The largest absolute Gasteiger partial charge is 0.493 e. The molecule has 124 valence electrons. The Balaban J connectivity index is 2.89. The molecule has 0 fully saturated rings. The molecule has 0 aliphatic rings. The molecule has 6 nitrogen and oxygen atoms in total. The van der Waals surface area contributed by atoms with Gasteiger partial charge in [-0.25, -0.2) is 4.79 Å². The number of aliphatic hydroxyl groups is 1. The Bertz CT molecular complexity index is 497. The van der Waals surface area contributed by atoms with Crippen molar-refractivity contribution in [1.29, 1.82) is 0 Å². The number of hydrogen-bond donors (Lipinski definition) is 2. The van der Waals surface area contributed by atoms with E-state index in [0.29, 0.717) is 34.7 Å². The predicted octanol–water partition coefficient (Wildman–Crippen LogP) is 3.09. The fourth-order valence-electron chi connectivity index (χ4n) is 1.93. The maximum atomic E-state index is 12.3. The molecule has 0 saturated carbocycles. The first-order chi connectivity index (χ1) is 10.6. The molecule has 22 heavy (non-hydrogen) atoms. The number of halogens is 1. The highest BCUT2D eigenvalue weighted by Gasteiger charge is 2.16. The second-order valence-electron chi connectivity index (χ2n) is 4.68. The molecule has 0 spiro atoms. The van der Waals surface area contributed by atoms with Crippen LogP contribution in [0.1, 0.15) is 19.8 Å². The number of methoxy groups -OCH3 is 2. The van der Waals surface area contributed by atoms with E-state index in [9.17, 15) is 4.79 Å². The summed E-state index contributed by atoms with van der Waals surface area (Å²) in [6.45, 7) is 2.90. The van der Waals surface area contributed by atoms with E-state index in [1.54, 1.807) is 24.1 Å². The zero-order chi connectivity index (χ0) is 16.5. The second-order valence-corrected chi connectivity index (χ2v) is 5.54. The number of aliphatic hydroxyl groups excluding tert-OH is 1. The van der Waals surface area contributed by atoms with Crippen molar-refractivity contribution in [3.63, 3.8) is 0 Å². The van der Waals surface area contributed by atoms with E-state index in [4.69, 9.17) is 14.6 Å². The monoisotopic (exact) mass is 374 g/mol. The van der Waals surface area contributed by atoms with Crippen molar-refractivity contribution < 1.29 is 19.4 Å². The molecule has 7 heteroatoms. The maximum Gasteiger partial charge on any atom is 0.321 e. The van der Waals surface area contributed by atoms with Crippen molar-refractivity contribution in [3.05, 3.63) is 16.6 Å². The molecule has 0 atom stereocenters. The van der Waals surface area contributed by atoms with E-state index >= 15 is 0 Å². The molecule has 0 saturated heterocycles. The lowest BCUT2D eigenvalue weighted by atomic mass is 10.2. The Kier molecular flexibility index (Phi) is 8.05. The zero-order valence-corrected chi connectivity index (χ0v) is 14.8. The topological polar surface area (TPSA) is 71.0 Å². The van der Waals surface area contributed by atoms with Crippen molar-refractivity contribution >= 4 is 27.6 Å². The van der Waals surface area contributed by atoms with Gasteiger partial charge >= 0.3 is 6.03 Å². The zero-order valence-electron chi connectivity index (χ0n) is 13.2. The number of rotatable bonds is 8. The van der Waals surface area contributed by atoms with Crippen LogP contribution in [-0.4, -0.2) is 50.0 Å². The van der Waals surface area contributed by atoms with Crippen LogP contribution in [0.3, 0.4) is 0 Å².